The van der Waals surface area contributed by atoms with E-state index in [1.165, 1.54) is 32.7 Å². The van der Waals surface area contributed by atoms with Gasteiger partial charge in [0.15, 0.2) is 0 Å². The van der Waals surface area contributed by atoms with Gasteiger partial charge >= 0.3 is 0 Å². The SMILES string of the molecule is Cc1cc(C)c(C)c(SCC(=O)Nc2ccc(C(C)(C)C)cc2)c1C. The Hall–Kier alpha value is -1.74. The third kappa shape index (κ3) is 4.88. The average molecular weight is 356 g/mol. The first-order valence-corrected chi connectivity index (χ1v) is 9.68. The lowest BCUT2D eigenvalue weighted by Crippen LogP contribution is -2.15. The fourth-order valence-electron chi connectivity index (χ4n) is 2.79. The van der Waals surface area contributed by atoms with Gasteiger partial charge in [0.1, 0.15) is 0 Å². The molecular formula is C22H29NOS. The molecule has 2 nitrogen and oxygen atoms in total. The van der Waals surface area contributed by atoms with E-state index in [0.717, 1.165) is 5.69 Å². The van der Waals surface area contributed by atoms with Crippen molar-refractivity contribution in [2.24, 2.45) is 0 Å². The molecule has 1 amide bonds. The minimum absolute atomic E-state index is 0.0338. The maximum absolute atomic E-state index is 12.3. The number of hydrogen-bond donors (Lipinski definition) is 1. The molecule has 0 aliphatic heterocycles. The summed E-state index contributed by atoms with van der Waals surface area (Å²) in [6.07, 6.45) is 0. The number of nitrogens with one attached hydrogen (secondary N) is 1. The van der Waals surface area contributed by atoms with Crippen molar-refractivity contribution < 1.29 is 4.79 Å². The van der Waals surface area contributed by atoms with E-state index < -0.39 is 0 Å². The lowest BCUT2D eigenvalue weighted by atomic mass is 9.87. The predicted molar refractivity (Wildman–Crippen MR) is 110 cm³/mol. The first-order valence-electron chi connectivity index (χ1n) is 8.70. The number of carbonyl (C=O) groups excluding carboxylic acids is 1. The Kier molecular flexibility index (Phi) is 5.99. The molecule has 0 radical (unpaired) electrons. The Morgan fingerprint density at radius 1 is 0.960 bits per heavy atom. The van der Waals surface area contributed by atoms with Crippen LogP contribution >= 0.6 is 11.8 Å². The number of amides is 1. The summed E-state index contributed by atoms with van der Waals surface area (Å²) in [4.78, 5) is 13.6. The van der Waals surface area contributed by atoms with Gasteiger partial charge in [-0.25, -0.2) is 0 Å². The number of anilines is 1. The van der Waals surface area contributed by atoms with E-state index in [0.29, 0.717) is 5.75 Å². The molecule has 0 atom stereocenters. The summed E-state index contributed by atoms with van der Waals surface area (Å²) in [6.45, 7) is 15.1. The van der Waals surface area contributed by atoms with E-state index in [4.69, 9.17) is 0 Å². The Balaban J connectivity index is 2.02. The second-order valence-electron chi connectivity index (χ2n) is 7.75. The molecule has 0 saturated carbocycles. The van der Waals surface area contributed by atoms with E-state index >= 15 is 0 Å². The summed E-state index contributed by atoms with van der Waals surface area (Å²) >= 11 is 1.62. The molecule has 0 aliphatic rings. The molecule has 0 spiro atoms. The van der Waals surface area contributed by atoms with E-state index in [-0.39, 0.29) is 11.3 Å². The fraction of sp³-hybridized carbons (Fsp3) is 0.409. The molecule has 0 aromatic heterocycles. The van der Waals surface area contributed by atoms with Gasteiger partial charge in [-0.3, -0.25) is 4.79 Å². The maximum Gasteiger partial charge on any atom is 0.234 e. The largest absolute Gasteiger partial charge is 0.325 e. The zero-order chi connectivity index (χ0) is 18.8. The van der Waals surface area contributed by atoms with Crippen molar-refractivity contribution in [2.45, 2.75) is 58.8 Å². The van der Waals surface area contributed by atoms with Crippen LogP contribution in [0.25, 0.3) is 0 Å². The molecule has 0 aliphatic carbocycles. The molecule has 134 valence electrons. The van der Waals surface area contributed by atoms with Crippen LogP contribution in [0.1, 0.15) is 48.6 Å². The van der Waals surface area contributed by atoms with Crippen molar-refractivity contribution in [2.75, 3.05) is 11.1 Å². The number of rotatable bonds is 4. The molecule has 0 saturated heterocycles. The third-order valence-corrected chi connectivity index (χ3v) is 5.99. The smallest absolute Gasteiger partial charge is 0.234 e. The Labute approximate surface area is 156 Å². The number of hydrogen-bond acceptors (Lipinski definition) is 2. The Bertz CT molecular complexity index is 744. The molecular weight excluding hydrogens is 326 g/mol. The van der Waals surface area contributed by atoms with E-state index in [1.54, 1.807) is 11.8 Å². The molecule has 0 bridgehead atoms. The van der Waals surface area contributed by atoms with Crippen molar-refractivity contribution in [1.29, 1.82) is 0 Å². The highest BCUT2D eigenvalue weighted by Gasteiger charge is 2.14. The van der Waals surface area contributed by atoms with Crippen LogP contribution in [-0.2, 0) is 10.2 Å². The topological polar surface area (TPSA) is 29.1 Å². The molecule has 2 aromatic carbocycles. The molecule has 3 heteroatoms. The van der Waals surface area contributed by atoms with Gasteiger partial charge < -0.3 is 5.32 Å². The first-order chi connectivity index (χ1) is 11.6. The number of benzene rings is 2. The van der Waals surface area contributed by atoms with E-state index in [1.807, 2.05) is 12.1 Å². The second-order valence-corrected chi connectivity index (χ2v) is 8.74. The van der Waals surface area contributed by atoms with Crippen molar-refractivity contribution in [1.82, 2.24) is 0 Å². The van der Waals surface area contributed by atoms with Gasteiger partial charge in [0, 0.05) is 10.6 Å². The van der Waals surface area contributed by atoms with Crippen LogP contribution in [-0.4, -0.2) is 11.7 Å². The molecule has 0 unspecified atom stereocenters. The highest BCUT2D eigenvalue weighted by atomic mass is 32.2. The predicted octanol–water partition coefficient (Wildman–Crippen LogP) is 5.95. The quantitative estimate of drug-likeness (QED) is 0.687. The zero-order valence-corrected chi connectivity index (χ0v) is 17.2. The van der Waals surface area contributed by atoms with Gasteiger partial charge in [-0.1, -0.05) is 39.0 Å². The molecule has 1 N–H and O–H groups in total. The van der Waals surface area contributed by atoms with Crippen LogP contribution in [0.3, 0.4) is 0 Å². The second kappa shape index (κ2) is 7.65. The van der Waals surface area contributed by atoms with E-state index in [2.05, 4.69) is 72.0 Å². The van der Waals surface area contributed by atoms with Crippen molar-refractivity contribution in [3.8, 4) is 0 Å². The number of thioether (sulfide) groups is 1. The van der Waals surface area contributed by atoms with Crippen LogP contribution in [0.5, 0.6) is 0 Å². The zero-order valence-electron chi connectivity index (χ0n) is 16.4. The van der Waals surface area contributed by atoms with Crippen LogP contribution in [0.4, 0.5) is 5.69 Å². The summed E-state index contributed by atoms with van der Waals surface area (Å²) in [7, 11) is 0. The highest BCUT2D eigenvalue weighted by molar-refractivity contribution is 8.00. The minimum atomic E-state index is 0.0338. The van der Waals surface area contributed by atoms with Gasteiger partial charge in [-0.15, -0.1) is 11.8 Å². The highest BCUT2D eigenvalue weighted by Crippen LogP contribution is 2.31. The molecule has 2 rings (SSSR count). The fourth-order valence-corrected chi connectivity index (χ4v) is 3.89. The number of carbonyl (C=O) groups is 1. The summed E-state index contributed by atoms with van der Waals surface area (Å²) in [6, 6.07) is 10.3. The van der Waals surface area contributed by atoms with Gasteiger partial charge in [-0.05, 0) is 73.1 Å². The normalized spacial score (nSPS) is 11.5. The van der Waals surface area contributed by atoms with Gasteiger partial charge in [0.05, 0.1) is 5.75 Å². The van der Waals surface area contributed by atoms with Crippen LogP contribution < -0.4 is 5.32 Å². The van der Waals surface area contributed by atoms with Gasteiger partial charge in [-0.2, -0.15) is 0 Å². The Morgan fingerprint density at radius 2 is 1.48 bits per heavy atom. The third-order valence-electron chi connectivity index (χ3n) is 4.68. The van der Waals surface area contributed by atoms with Crippen molar-refractivity contribution in [3.05, 3.63) is 58.1 Å². The van der Waals surface area contributed by atoms with Crippen LogP contribution in [0, 0.1) is 27.7 Å². The average Bonchev–Trinajstić information content (AvgIpc) is 2.52. The maximum atomic E-state index is 12.3. The van der Waals surface area contributed by atoms with E-state index in [9.17, 15) is 4.79 Å². The minimum Gasteiger partial charge on any atom is -0.325 e. The molecule has 2 aromatic rings. The van der Waals surface area contributed by atoms with Gasteiger partial charge in [0.2, 0.25) is 5.91 Å². The monoisotopic (exact) mass is 355 g/mol. The molecule has 0 heterocycles. The number of aryl methyl sites for hydroxylation is 2. The van der Waals surface area contributed by atoms with Crippen molar-refractivity contribution >= 4 is 23.4 Å². The Morgan fingerprint density at radius 3 is 1.96 bits per heavy atom. The van der Waals surface area contributed by atoms with Gasteiger partial charge in [0.25, 0.3) is 0 Å². The van der Waals surface area contributed by atoms with Crippen molar-refractivity contribution in [3.63, 3.8) is 0 Å². The lowest BCUT2D eigenvalue weighted by molar-refractivity contribution is -0.113. The molecule has 25 heavy (non-hydrogen) atoms. The summed E-state index contributed by atoms with van der Waals surface area (Å²) in [5, 5.41) is 3.00. The standard InChI is InChI=1S/C22H29NOS/c1-14-12-15(2)17(4)21(16(14)3)25-13-20(24)23-19-10-8-18(9-11-19)22(5,6)7/h8-12H,13H2,1-7H3,(H,23,24). The first kappa shape index (κ1) is 19.6. The summed E-state index contributed by atoms with van der Waals surface area (Å²) in [5.41, 5.74) is 7.35. The summed E-state index contributed by atoms with van der Waals surface area (Å²) in [5.74, 6) is 0.456. The molecule has 0 fully saturated rings. The summed E-state index contributed by atoms with van der Waals surface area (Å²) < 4.78 is 0. The van der Waals surface area contributed by atoms with Crippen LogP contribution in [0.15, 0.2) is 35.2 Å². The lowest BCUT2D eigenvalue weighted by Gasteiger charge is -2.19. The van der Waals surface area contributed by atoms with Crippen LogP contribution in [0.2, 0.25) is 0 Å².